The maximum atomic E-state index is 8.18. The highest BCUT2D eigenvalue weighted by Gasteiger charge is 2.49. The summed E-state index contributed by atoms with van der Waals surface area (Å²) < 4.78 is 34.4. The van der Waals surface area contributed by atoms with Crippen LogP contribution in [-0.2, 0) is 43.5 Å². The minimum absolute atomic E-state index is 0.234. The van der Waals surface area contributed by atoms with Gasteiger partial charge in [0.25, 0.3) is 3.79 Å². The Bertz CT molecular complexity index is 1190. The summed E-state index contributed by atoms with van der Waals surface area (Å²) in [4.78, 5) is 0. The van der Waals surface area contributed by atoms with Crippen molar-refractivity contribution in [2.75, 3.05) is 7.11 Å². The largest absolute Gasteiger partial charge is 0.497 e. The van der Waals surface area contributed by atoms with Crippen molar-refractivity contribution in [3.63, 3.8) is 0 Å². The molecule has 3 aromatic rings. The van der Waals surface area contributed by atoms with Gasteiger partial charge in [-0.15, -0.1) is 0 Å². The third-order valence-electron chi connectivity index (χ3n) is 6.39. The molecule has 1 saturated heterocycles. The molecule has 0 saturated carbocycles. The zero-order chi connectivity index (χ0) is 28.5. The van der Waals surface area contributed by atoms with E-state index >= 15 is 0 Å². The summed E-state index contributed by atoms with van der Waals surface area (Å²) in [5.74, 6) is 0.163. The average Bonchev–Trinajstić information content (AvgIpc) is 2.96. The minimum Gasteiger partial charge on any atom is -0.497 e. The van der Waals surface area contributed by atoms with Gasteiger partial charge >= 0.3 is 0 Å². The van der Waals surface area contributed by atoms with Crippen molar-refractivity contribution < 1.29 is 28.4 Å². The van der Waals surface area contributed by atoms with Crippen LogP contribution in [0.25, 0.3) is 0 Å². The summed E-state index contributed by atoms with van der Waals surface area (Å²) in [5.41, 5.74) is 2.86. The number of nitrogens with one attached hydrogen (secondary N) is 1. The minimum atomic E-state index is -2.07. The van der Waals surface area contributed by atoms with Crippen LogP contribution in [0.4, 0.5) is 0 Å². The predicted octanol–water partition coefficient (Wildman–Crippen LogP) is 6.86. The van der Waals surface area contributed by atoms with Crippen LogP contribution in [0.1, 0.15) is 23.6 Å². The summed E-state index contributed by atoms with van der Waals surface area (Å²) in [5, 5.41) is 8.18. The van der Waals surface area contributed by atoms with Crippen LogP contribution in [0.15, 0.2) is 84.9 Å². The normalized spacial score (nSPS) is 23.0. The van der Waals surface area contributed by atoms with Crippen molar-refractivity contribution in [1.29, 1.82) is 5.41 Å². The van der Waals surface area contributed by atoms with E-state index in [1.54, 1.807) is 7.11 Å². The molecule has 1 aliphatic rings. The molecule has 1 heterocycles. The molecule has 3 aromatic carbocycles. The molecule has 7 nitrogen and oxygen atoms in total. The van der Waals surface area contributed by atoms with Crippen molar-refractivity contribution in [1.82, 2.24) is 0 Å². The van der Waals surface area contributed by atoms with E-state index in [0.29, 0.717) is 6.61 Å². The van der Waals surface area contributed by atoms with Gasteiger partial charge < -0.3 is 28.4 Å². The summed E-state index contributed by atoms with van der Waals surface area (Å²) in [6, 6.07) is 27.1. The standard InChI is InChI=1S/C30H32Cl3NO6/c1-20-25(36-17-21-9-5-3-6-10-21)26(37-19-23-13-15-24(35-2)16-14-23)27(38-18-22-11-7-4-8-12-22)28(39-20)40-29(34)30(31,32)33/h3-16,20,25-28,34H,17-19H2,1-2H3/t20-,25-,26+,27+,28?/m0/s1. The molecule has 0 aliphatic carbocycles. The van der Waals surface area contributed by atoms with Gasteiger partial charge in [-0.25, -0.2) is 0 Å². The number of hydrogen-bond donors (Lipinski definition) is 1. The molecule has 1 fully saturated rings. The molecular weight excluding hydrogens is 577 g/mol. The molecule has 214 valence electrons. The number of hydrogen-bond acceptors (Lipinski definition) is 7. The van der Waals surface area contributed by atoms with E-state index in [9.17, 15) is 0 Å². The van der Waals surface area contributed by atoms with E-state index in [0.717, 1.165) is 22.4 Å². The van der Waals surface area contributed by atoms with Gasteiger partial charge in [0.05, 0.1) is 33.0 Å². The second-order valence-electron chi connectivity index (χ2n) is 9.30. The Labute approximate surface area is 249 Å². The van der Waals surface area contributed by atoms with Crippen LogP contribution in [0.2, 0.25) is 0 Å². The summed E-state index contributed by atoms with van der Waals surface area (Å²) in [6.07, 6.45) is -3.63. The van der Waals surface area contributed by atoms with E-state index in [2.05, 4.69) is 0 Å². The third kappa shape index (κ3) is 8.57. The highest BCUT2D eigenvalue weighted by molar-refractivity contribution is 6.76. The Kier molecular flexibility index (Phi) is 11.1. The Morgan fingerprint density at radius 1 is 0.725 bits per heavy atom. The fraction of sp³-hybridized carbons (Fsp3) is 0.367. The number of methoxy groups -OCH3 is 1. The quantitative estimate of drug-likeness (QED) is 0.146. The lowest BCUT2D eigenvalue weighted by molar-refractivity contribution is -0.304. The predicted molar refractivity (Wildman–Crippen MR) is 155 cm³/mol. The molecule has 0 aromatic heterocycles. The molecule has 0 amide bonds. The molecule has 10 heteroatoms. The average molecular weight is 609 g/mol. The molecule has 5 atom stereocenters. The molecule has 4 rings (SSSR count). The van der Waals surface area contributed by atoms with Crippen LogP contribution < -0.4 is 4.74 Å². The monoisotopic (exact) mass is 607 g/mol. The van der Waals surface area contributed by atoms with Gasteiger partial charge in [0.1, 0.15) is 24.1 Å². The van der Waals surface area contributed by atoms with Crippen molar-refractivity contribution in [3.05, 3.63) is 102 Å². The van der Waals surface area contributed by atoms with E-state index < -0.39 is 40.4 Å². The summed E-state index contributed by atoms with van der Waals surface area (Å²) in [6.45, 7) is 2.68. The molecule has 0 spiro atoms. The fourth-order valence-electron chi connectivity index (χ4n) is 4.29. The lowest BCUT2D eigenvalue weighted by Crippen LogP contribution is -2.60. The Morgan fingerprint density at radius 3 is 1.70 bits per heavy atom. The van der Waals surface area contributed by atoms with Gasteiger partial charge in [-0.3, -0.25) is 5.41 Å². The van der Waals surface area contributed by atoms with Gasteiger partial charge in [0.15, 0.2) is 0 Å². The molecule has 40 heavy (non-hydrogen) atoms. The summed E-state index contributed by atoms with van der Waals surface area (Å²) in [7, 11) is 1.62. The van der Waals surface area contributed by atoms with Crippen LogP contribution in [0.5, 0.6) is 5.75 Å². The third-order valence-corrected chi connectivity index (χ3v) is 6.91. The highest BCUT2D eigenvalue weighted by atomic mass is 35.6. The maximum Gasteiger partial charge on any atom is 0.265 e. The summed E-state index contributed by atoms with van der Waals surface area (Å²) >= 11 is 17.8. The van der Waals surface area contributed by atoms with Crippen LogP contribution in [0, 0.1) is 5.41 Å². The van der Waals surface area contributed by atoms with Crippen molar-refractivity contribution in [2.45, 2.75) is 61.2 Å². The SMILES string of the molecule is COc1ccc(CO[C@@H]2[C@@H](OCc3ccccc3)[C@H](C)OC(OC(=N)C(Cl)(Cl)Cl)[C@@H]2OCc2ccccc2)cc1. The molecule has 1 aliphatic heterocycles. The second-order valence-corrected chi connectivity index (χ2v) is 11.6. The van der Waals surface area contributed by atoms with Crippen LogP contribution in [0.3, 0.4) is 0 Å². The molecule has 1 N–H and O–H groups in total. The molecule has 0 radical (unpaired) electrons. The van der Waals surface area contributed by atoms with E-state index in [1.165, 1.54) is 0 Å². The van der Waals surface area contributed by atoms with Gasteiger partial charge in [0, 0.05) is 0 Å². The molecule has 0 bridgehead atoms. The zero-order valence-electron chi connectivity index (χ0n) is 22.2. The lowest BCUT2D eigenvalue weighted by atomic mass is 9.98. The Balaban J connectivity index is 1.61. The van der Waals surface area contributed by atoms with Crippen LogP contribution in [-0.4, -0.2) is 47.5 Å². The number of rotatable bonds is 11. The number of halogens is 3. The van der Waals surface area contributed by atoms with E-state index in [-0.39, 0.29) is 13.2 Å². The topological polar surface area (TPSA) is 79.2 Å². The smallest absolute Gasteiger partial charge is 0.265 e. The van der Waals surface area contributed by atoms with Gasteiger partial charge in [-0.2, -0.15) is 0 Å². The Hall–Kier alpha value is -2.36. The van der Waals surface area contributed by atoms with Crippen molar-refractivity contribution >= 4 is 40.7 Å². The van der Waals surface area contributed by atoms with E-state index in [1.807, 2.05) is 91.9 Å². The first kappa shape index (κ1) is 30.6. The highest BCUT2D eigenvalue weighted by Crippen LogP contribution is 2.34. The van der Waals surface area contributed by atoms with E-state index in [4.69, 9.17) is 68.6 Å². The van der Waals surface area contributed by atoms with Gasteiger partial charge in [0.2, 0.25) is 12.2 Å². The van der Waals surface area contributed by atoms with Gasteiger partial charge in [-0.1, -0.05) is 108 Å². The first-order chi connectivity index (χ1) is 19.2. The fourth-order valence-corrected chi connectivity index (χ4v) is 4.43. The number of alkyl halides is 3. The number of ether oxygens (including phenoxy) is 6. The van der Waals surface area contributed by atoms with Gasteiger partial charge in [-0.05, 0) is 35.7 Å². The van der Waals surface area contributed by atoms with Crippen molar-refractivity contribution in [2.24, 2.45) is 0 Å². The lowest BCUT2D eigenvalue weighted by Gasteiger charge is -2.45. The maximum absolute atomic E-state index is 8.18. The molecule has 1 unspecified atom stereocenters. The van der Waals surface area contributed by atoms with Crippen molar-refractivity contribution in [3.8, 4) is 5.75 Å². The number of benzene rings is 3. The second kappa shape index (κ2) is 14.5. The first-order valence-corrected chi connectivity index (χ1v) is 13.9. The molecular formula is C30H32Cl3NO6. The van der Waals surface area contributed by atoms with Crippen LogP contribution >= 0.6 is 34.8 Å². The Morgan fingerprint density at radius 2 is 1.20 bits per heavy atom. The first-order valence-electron chi connectivity index (χ1n) is 12.8. The zero-order valence-corrected chi connectivity index (χ0v) is 24.4.